The number of aryl methyl sites for hydroxylation is 2. The number of aromatic nitrogens is 2. The lowest BCUT2D eigenvalue weighted by Gasteiger charge is -2.34. The van der Waals surface area contributed by atoms with Gasteiger partial charge in [-0.25, -0.2) is 4.98 Å². The number of rotatable bonds is 7. The lowest BCUT2D eigenvalue weighted by atomic mass is 9.90. The van der Waals surface area contributed by atoms with Gasteiger partial charge in [0.25, 0.3) is 0 Å². The lowest BCUT2D eigenvalue weighted by molar-refractivity contribution is 0.0499. The largest absolute Gasteiger partial charge is 0.493 e. The normalized spacial score (nSPS) is 17.6. The molecule has 0 radical (unpaired) electrons. The Morgan fingerprint density at radius 2 is 2.04 bits per heavy atom. The highest BCUT2D eigenvalue weighted by atomic mass is 16.5. The Morgan fingerprint density at radius 3 is 2.72 bits per heavy atom. The summed E-state index contributed by atoms with van der Waals surface area (Å²) < 4.78 is 7.79. The minimum atomic E-state index is -0.452. The van der Waals surface area contributed by atoms with Crippen molar-refractivity contribution >= 4 is 0 Å². The van der Waals surface area contributed by atoms with E-state index in [2.05, 4.69) is 22.9 Å². The minimum Gasteiger partial charge on any atom is -0.493 e. The van der Waals surface area contributed by atoms with E-state index >= 15 is 0 Å². The van der Waals surface area contributed by atoms with Crippen LogP contribution in [0.4, 0.5) is 0 Å². The fourth-order valence-electron chi connectivity index (χ4n) is 3.55. The van der Waals surface area contributed by atoms with Crippen molar-refractivity contribution in [3.05, 3.63) is 48.0 Å². The van der Waals surface area contributed by atoms with Gasteiger partial charge in [0.2, 0.25) is 0 Å². The van der Waals surface area contributed by atoms with Gasteiger partial charge in [0.05, 0.1) is 6.61 Å². The molecule has 3 rings (SSSR count). The Hall–Kier alpha value is -1.85. The predicted octanol–water partition coefficient (Wildman–Crippen LogP) is 2.94. The summed E-state index contributed by atoms with van der Waals surface area (Å²) in [5.74, 6) is 2.07. The molecule has 1 unspecified atom stereocenters. The number of likely N-dealkylation sites (tertiary alicyclic amines) is 1. The van der Waals surface area contributed by atoms with Crippen LogP contribution in [0.5, 0.6) is 5.75 Å². The summed E-state index contributed by atoms with van der Waals surface area (Å²) in [6.45, 7) is 5.96. The Kier molecular flexibility index (Phi) is 6.10. The molecule has 1 fully saturated rings. The number of piperidine rings is 1. The van der Waals surface area contributed by atoms with E-state index in [0.29, 0.717) is 5.92 Å². The fourth-order valence-corrected chi connectivity index (χ4v) is 3.55. The highest BCUT2D eigenvalue weighted by molar-refractivity contribution is 5.31. The van der Waals surface area contributed by atoms with Crippen LogP contribution in [-0.2, 0) is 7.05 Å². The number of nitrogens with zero attached hydrogens (tertiary/aromatic N) is 3. The number of aliphatic hydroxyl groups excluding tert-OH is 1. The van der Waals surface area contributed by atoms with Gasteiger partial charge < -0.3 is 19.3 Å². The summed E-state index contributed by atoms with van der Waals surface area (Å²) in [4.78, 5) is 6.76. The molecular weight excluding hydrogens is 314 g/mol. The van der Waals surface area contributed by atoms with E-state index in [-0.39, 0.29) is 0 Å². The van der Waals surface area contributed by atoms with Gasteiger partial charge >= 0.3 is 0 Å². The van der Waals surface area contributed by atoms with Crippen LogP contribution >= 0.6 is 0 Å². The van der Waals surface area contributed by atoms with Crippen LogP contribution in [0.25, 0.3) is 0 Å². The second kappa shape index (κ2) is 8.50. The monoisotopic (exact) mass is 343 g/mol. The van der Waals surface area contributed by atoms with Crippen LogP contribution in [0.1, 0.15) is 36.8 Å². The van der Waals surface area contributed by atoms with Crippen molar-refractivity contribution in [2.75, 3.05) is 26.2 Å². The van der Waals surface area contributed by atoms with Crippen molar-refractivity contribution in [2.45, 2.75) is 32.3 Å². The molecule has 0 aliphatic carbocycles. The van der Waals surface area contributed by atoms with Gasteiger partial charge in [-0.05, 0) is 56.8 Å². The van der Waals surface area contributed by atoms with Crippen LogP contribution in [0.3, 0.4) is 0 Å². The Labute approximate surface area is 150 Å². The number of ether oxygens (including phenoxy) is 1. The highest BCUT2D eigenvalue weighted by Gasteiger charge is 2.28. The molecule has 25 heavy (non-hydrogen) atoms. The first-order valence-electron chi connectivity index (χ1n) is 9.21. The second-order valence-electron chi connectivity index (χ2n) is 6.99. The maximum Gasteiger partial charge on any atom is 0.137 e. The molecule has 2 heterocycles. The summed E-state index contributed by atoms with van der Waals surface area (Å²) in [6, 6.07) is 8.15. The topological polar surface area (TPSA) is 50.5 Å². The molecule has 136 valence electrons. The van der Waals surface area contributed by atoms with E-state index in [4.69, 9.17) is 4.74 Å². The molecule has 1 aliphatic heterocycles. The van der Waals surface area contributed by atoms with E-state index in [1.807, 2.05) is 36.0 Å². The molecule has 1 aromatic heterocycles. The summed E-state index contributed by atoms with van der Waals surface area (Å²) in [5, 5.41) is 10.5. The van der Waals surface area contributed by atoms with Gasteiger partial charge in [-0.15, -0.1) is 0 Å². The molecule has 1 saturated heterocycles. The molecule has 5 nitrogen and oxygen atoms in total. The van der Waals surface area contributed by atoms with Gasteiger partial charge in [-0.3, -0.25) is 0 Å². The van der Waals surface area contributed by atoms with Crippen LogP contribution in [-0.4, -0.2) is 45.8 Å². The summed E-state index contributed by atoms with van der Waals surface area (Å²) in [7, 11) is 1.94. The van der Waals surface area contributed by atoms with Crippen molar-refractivity contribution in [2.24, 2.45) is 13.0 Å². The zero-order valence-corrected chi connectivity index (χ0v) is 15.3. The van der Waals surface area contributed by atoms with E-state index in [1.165, 1.54) is 5.56 Å². The number of imidazole rings is 1. The molecule has 0 amide bonds. The zero-order valence-electron chi connectivity index (χ0n) is 15.3. The van der Waals surface area contributed by atoms with Crippen LogP contribution < -0.4 is 4.74 Å². The van der Waals surface area contributed by atoms with Crippen LogP contribution in [0.2, 0.25) is 0 Å². The number of benzene rings is 1. The van der Waals surface area contributed by atoms with Crippen molar-refractivity contribution in [3.8, 4) is 5.75 Å². The quantitative estimate of drug-likeness (QED) is 0.786. The third-order valence-corrected chi connectivity index (χ3v) is 5.17. The highest BCUT2D eigenvalue weighted by Crippen LogP contribution is 2.29. The first-order chi connectivity index (χ1) is 12.1. The van der Waals surface area contributed by atoms with Crippen LogP contribution in [0.15, 0.2) is 36.7 Å². The summed E-state index contributed by atoms with van der Waals surface area (Å²) in [5.41, 5.74) is 1.19. The lowest BCUT2D eigenvalue weighted by Crippen LogP contribution is -2.37. The fraction of sp³-hybridized carbons (Fsp3) is 0.550. The maximum atomic E-state index is 10.5. The number of hydrogen-bond donors (Lipinski definition) is 1. The maximum absolute atomic E-state index is 10.5. The van der Waals surface area contributed by atoms with Crippen molar-refractivity contribution in [1.82, 2.24) is 14.5 Å². The van der Waals surface area contributed by atoms with Gasteiger partial charge in [0.1, 0.15) is 17.7 Å². The smallest absolute Gasteiger partial charge is 0.137 e. The molecule has 1 aliphatic rings. The molecule has 0 spiro atoms. The number of hydrogen-bond acceptors (Lipinski definition) is 4. The van der Waals surface area contributed by atoms with E-state index in [9.17, 15) is 5.11 Å². The first kappa shape index (κ1) is 18.0. The molecule has 1 N–H and O–H groups in total. The molecule has 0 bridgehead atoms. The predicted molar refractivity (Wildman–Crippen MR) is 98.6 cm³/mol. The second-order valence-corrected chi connectivity index (χ2v) is 6.99. The first-order valence-corrected chi connectivity index (χ1v) is 9.21. The Bertz CT molecular complexity index is 662. The van der Waals surface area contributed by atoms with Crippen molar-refractivity contribution in [3.63, 3.8) is 0 Å². The van der Waals surface area contributed by atoms with E-state index < -0.39 is 6.10 Å². The number of aliphatic hydroxyl groups is 1. The molecule has 2 aromatic rings. The average Bonchev–Trinajstić information content (AvgIpc) is 3.06. The van der Waals surface area contributed by atoms with Gasteiger partial charge in [0, 0.05) is 26.0 Å². The van der Waals surface area contributed by atoms with Gasteiger partial charge in [-0.2, -0.15) is 0 Å². The molecule has 5 heteroatoms. The molecule has 1 atom stereocenters. The number of para-hydroxylation sites is 1. The zero-order chi connectivity index (χ0) is 17.6. The van der Waals surface area contributed by atoms with E-state index in [1.54, 1.807) is 6.20 Å². The molecular formula is C20H29N3O2. The third kappa shape index (κ3) is 4.61. The Balaban J connectivity index is 1.37. The van der Waals surface area contributed by atoms with Crippen molar-refractivity contribution < 1.29 is 9.84 Å². The summed E-state index contributed by atoms with van der Waals surface area (Å²) in [6.07, 6.45) is 6.26. The van der Waals surface area contributed by atoms with Crippen LogP contribution in [0, 0.1) is 12.8 Å². The Morgan fingerprint density at radius 1 is 1.28 bits per heavy atom. The average molecular weight is 343 g/mol. The van der Waals surface area contributed by atoms with Gasteiger partial charge in [-0.1, -0.05) is 18.2 Å². The minimum absolute atomic E-state index is 0.306. The third-order valence-electron chi connectivity index (χ3n) is 5.17. The van der Waals surface area contributed by atoms with Gasteiger partial charge in [0.15, 0.2) is 0 Å². The molecule has 0 saturated carbocycles. The summed E-state index contributed by atoms with van der Waals surface area (Å²) >= 11 is 0. The standard InChI is InChI=1S/C20H29N3O2/c1-16-6-3-4-7-18(16)25-15-5-11-23-12-8-17(9-13-23)19(24)20-21-10-14-22(20)2/h3-4,6-7,10,14,17,19,24H,5,8-9,11-13,15H2,1-2H3. The van der Waals surface area contributed by atoms with E-state index in [0.717, 1.165) is 57.1 Å². The molecule has 1 aromatic carbocycles. The SMILES string of the molecule is Cc1ccccc1OCCCN1CCC(C(O)c2nccn2C)CC1. The van der Waals surface area contributed by atoms with Crippen molar-refractivity contribution in [1.29, 1.82) is 0 Å².